The van der Waals surface area contributed by atoms with Gasteiger partial charge in [-0.25, -0.2) is 4.68 Å². The molecule has 2 rings (SSSR count). The van der Waals surface area contributed by atoms with Crippen molar-refractivity contribution in [3.63, 3.8) is 0 Å². The zero-order chi connectivity index (χ0) is 12.5. The highest BCUT2D eigenvalue weighted by atomic mass is 35.5. The Morgan fingerprint density at radius 3 is 2.47 bits per heavy atom. The van der Waals surface area contributed by atoms with Gasteiger partial charge in [0.15, 0.2) is 10.9 Å². The predicted molar refractivity (Wildman–Crippen MR) is 69.7 cm³/mol. The Kier molecular flexibility index (Phi) is 3.67. The molecule has 17 heavy (non-hydrogen) atoms. The fourth-order valence-corrected chi connectivity index (χ4v) is 2.62. The molecule has 1 fully saturated rings. The number of aromatic nitrogens is 2. The van der Waals surface area contributed by atoms with Crippen LogP contribution in [0.4, 0.5) is 0 Å². The van der Waals surface area contributed by atoms with Crippen molar-refractivity contribution < 1.29 is 4.74 Å². The topological polar surface area (TPSA) is 27.1 Å². The Morgan fingerprint density at radius 1 is 1.29 bits per heavy atom. The van der Waals surface area contributed by atoms with Gasteiger partial charge in [0.05, 0.1) is 17.8 Å². The Bertz CT molecular complexity index is 375. The summed E-state index contributed by atoms with van der Waals surface area (Å²) in [7, 11) is 0. The van der Waals surface area contributed by atoms with Gasteiger partial charge in [-0.15, -0.1) is 0 Å². The van der Waals surface area contributed by atoms with Crippen LogP contribution in [-0.2, 0) is 5.54 Å². The highest BCUT2D eigenvalue weighted by Crippen LogP contribution is 2.31. The van der Waals surface area contributed by atoms with Gasteiger partial charge in [-0.1, -0.05) is 18.0 Å². The normalized spacial score (nSPS) is 18.4. The summed E-state index contributed by atoms with van der Waals surface area (Å²) in [6.07, 6.45) is 8.18. The highest BCUT2D eigenvalue weighted by molar-refractivity contribution is 6.31. The van der Waals surface area contributed by atoms with E-state index in [-0.39, 0.29) is 5.54 Å². The summed E-state index contributed by atoms with van der Waals surface area (Å²) in [6.45, 7) is 6.24. The van der Waals surface area contributed by atoms with Crippen molar-refractivity contribution in [2.75, 3.05) is 0 Å². The van der Waals surface area contributed by atoms with Crippen LogP contribution in [0.3, 0.4) is 0 Å². The smallest absolute Gasteiger partial charge is 0.176 e. The molecular formula is C13H21ClN2O. The van der Waals surface area contributed by atoms with Crippen LogP contribution in [0.2, 0.25) is 5.15 Å². The SMILES string of the molecule is CC(C)(C)n1ncc(OC2CCCCC2)c1Cl. The van der Waals surface area contributed by atoms with Crippen LogP contribution in [0.25, 0.3) is 0 Å². The molecule has 1 heterocycles. The van der Waals surface area contributed by atoms with E-state index in [1.807, 2.05) is 4.68 Å². The minimum absolute atomic E-state index is 0.106. The van der Waals surface area contributed by atoms with E-state index in [1.54, 1.807) is 6.20 Å². The van der Waals surface area contributed by atoms with E-state index in [4.69, 9.17) is 16.3 Å². The first-order valence-corrected chi connectivity index (χ1v) is 6.77. The second-order valence-corrected chi connectivity index (χ2v) is 6.12. The number of hydrogen-bond donors (Lipinski definition) is 0. The summed E-state index contributed by atoms with van der Waals surface area (Å²) in [5.41, 5.74) is -0.106. The van der Waals surface area contributed by atoms with Crippen LogP contribution < -0.4 is 4.74 Å². The van der Waals surface area contributed by atoms with Gasteiger partial charge in [-0.05, 0) is 46.5 Å². The minimum Gasteiger partial charge on any atom is -0.486 e. The molecule has 1 saturated carbocycles. The molecule has 0 amide bonds. The summed E-state index contributed by atoms with van der Waals surface area (Å²) in [5, 5.41) is 4.93. The van der Waals surface area contributed by atoms with Crippen LogP contribution in [0.5, 0.6) is 5.75 Å². The number of halogens is 1. The van der Waals surface area contributed by atoms with Gasteiger partial charge in [0.2, 0.25) is 0 Å². The Morgan fingerprint density at radius 2 is 1.94 bits per heavy atom. The van der Waals surface area contributed by atoms with Crippen LogP contribution >= 0.6 is 11.6 Å². The number of hydrogen-bond acceptors (Lipinski definition) is 2. The molecule has 0 spiro atoms. The van der Waals surface area contributed by atoms with Crippen molar-refractivity contribution >= 4 is 11.6 Å². The monoisotopic (exact) mass is 256 g/mol. The number of nitrogens with zero attached hydrogens (tertiary/aromatic N) is 2. The van der Waals surface area contributed by atoms with E-state index < -0.39 is 0 Å². The quantitative estimate of drug-likeness (QED) is 0.800. The van der Waals surface area contributed by atoms with Crippen molar-refractivity contribution in [3.8, 4) is 5.75 Å². The average molecular weight is 257 g/mol. The molecule has 4 heteroatoms. The van der Waals surface area contributed by atoms with Gasteiger partial charge in [0.1, 0.15) is 0 Å². The van der Waals surface area contributed by atoms with E-state index >= 15 is 0 Å². The zero-order valence-corrected chi connectivity index (χ0v) is 11.6. The third-order valence-electron chi connectivity index (χ3n) is 3.16. The molecule has 0 saturated heterocycles. The average Bonchev–Trinajstić information content (AvgIpc) is 2.61. The van der Waals surface area contributed by atoms with E-state index in [9.17, 15) is 0 Å². The molecule has 1 aromatic rings. The Labute approximate surface area is 108 Å². The molecule has 96 valence electrons. The minimum atomic E-state index is -0.106. The van der Waals surface area contributed by atoms with Gasteiger partial charge in [-0.2, -0.15) is 5.10 Å². The second-order valence-electron chi connectivity index (χ2n) is 5.76. The molecule has 1 aromatic heterocycles. The molecule has 3 nitrogen and oxygen atoms in total. The predicted octanol–water partition coefficient (Wildman–Crippen LogP) is 4.00. The Hall–Kier alpha value is -0.700. The van der Waals surface area contributed by atoms with E-state index in [2.05, 4.69) is 25.9 Å². The lowest BCUT2D eigenvalue weighted by molar-refractivity contribution is 0.154. The maximum Gasteiger partial charge on any atom is 0.176 e. The maximum atomic E-state index is 6.30. The van der Waals surface area contributed by atoms with Crippen molar-refractivity contribution in [2.45, 2.75) is 64.5 Å². The second kappa shape index (κ2) is 4.89. The zero-order valence-electron chi connectivity index (χ0n) is 10.9. The summed E-state index contributed by atoms with van der Waals surface area (Å²) in [5.74, 6) is 0.730. The fraction of sp³-hybridized carbons (Fsp3) is 0.769. The van der Waals surface area contributed by atoms with Crippen molar-refractivity contribution in [1.29, 1.82) is 0 Å². The molecule has 0 N–H and O–H groups in total. The largest absolute Gasteiger partial charge is 0.486 e. The highest BCUT2D eigenvalue weighted by Gasteiger charge is 2.23. The molecule has 0 bridgehead atoms. The molecular weight excluding hydrogens is 236 g/mol. The van der Waals surface area contributed by atoms with Crippen LogP contribution in [0.15, 0.2) is 6.20 Å². The third-order valence-corrected chi connectivity index (χ3v) is 3.51. The lowest BCUT2D eigenvalue weighted by Gasteiger charge is -2.23. The fourth-order valence-electron chi connectivity index (χ4n) is 2.23. The molecule has 0 aromatic carbocycles. The van der Waals surface area contributed by atoms with Crippen LogP contribution in [-0.4, -0.2) is 15.9 Å². The first-order chi connectivity index (χ1) is 7.98. The van der Waals surface area contributed by atoms with Crippen molar-refractivity contribution in [3.05, 3.63) is 11.3 Å². The lowest BCUT2D eigenvalue weighted by atomic mass is 9.98. The maximum absolute atomic E-state index is 6.30. The van der Waals surface area contributed by atoms with Crippen molar-refractivity contribution in [1.82, 2.24) is 9.78 Å². The summed E-state index contributed by atoms with van der Waals surface area (Å²) < 4.78 is 7.76. The first kappa shape index (κ1) is 12.7. The Balaban J connectivity index is 2.09. The van der Waals surface area contributed by atoms with E-state index in [0.717, 1.165) is 18.6 Å². The van der Waals surface area contributed by atoms with Crippen LogP contribution in [0, 0.1) is 0 Å². The van der Waals surface area contributed by atoms with Gasteiger partial charge in [-0.3, -0.25) is 0 Å². The molecule has 0 radical (unpaired) electrons. The molecule has 0 unspecified atom stereocenters. The molecule has 1 aliphatic carbocycles. The number of ether oxygens (including phenoxy) is 1. The van der Waals surface area contributed by atoms with E-state index in [1.165, 1.54) is 19.3 Å². The molecule has 1 aliphatic rings. The summed E-state index contributed by atoms with van der Waals surface area (Å²) in [6, 6.07) is 0. The molecule has 0 aliphatic heterocycles. The summed E-state index contributed by atoms with van der Waals surface area (Å²) in [4.78, 5) is 0. The summed E-state index contributed by atoms with van der Waals surface area (Å²) >= 11 is 6.30. The molecule has 0 atom stereocenters. The van der Waals surface area contributed by atoms with Gasteiger partial charge < -0.3 is 4.74 Å². The standard InChI is InChI=1S/C13H21ClN2O/c1-13(2,3)16-12(14)11(9-15-16)17-10-7-5-4-6-8-10/h9-10H,4-8H2,1-3H3. The van der Waals surface area contributed by atoms with Gasteiger partial charge in [0, 0.05) is 0 Å². The first-order valence-electron chi connectivity index (χ1n) is 6.39. The number of rotatable bonds is 2. The third kappa shape index (κ3) is 2.95. The lowest BCUT2D eigenvalue weighted by Crippen LogP contribution is -2.23. The van der Waals surface area contributed by atoms with E-state index in [0.29, 0.717) is 11.3 Å². The van der Waals surface area contributed by atoms with Crippen LogP contribution in [0.1, 0.15) is 52.9 Å². The van der Waals surface area contributed by atoms with Gasteiger partial charge >= 0.3 is 0 Å². The van der Waals surface area contributed by atoms with Crippen molar-refractivity contribution in [2.24, 2.45) is 0 Å². The van der Waals surface area contributed by atoms with Gasteiger partial charge in [0.25, 0.3) is 0 Å².